The van der Waals surface area contributed by atoms with Crippen molar-refractivity contribution in [2.24, 2.45) is 0 Å². The van der Waals surface area contributed by atoms with Crippen molar-refractivity contribution < 1.29 is 14.1 Å². The standard InChI is InChI=1S/C22H26N6O3/c1-13-10-19(29)25-21(23-13)28-18(12-17(26-28)22(2,3)4)24-20(30)15-11-16(31-27-15)14-8-6-5-7-9-14/h5-9,11-13,21,23H,10H2,1-4H3,(H,24,30)(H,25,29). The van der Waals surface area contributed by atoms with Crippen LogP contribution in [0.3, 0.4) is 0 Å². The summed E-state index contributed by atoms with van der Waals surface area (Å²) in [5.74, 6) is 0.448. The highest BCUT2D eigenvalue weighted by atomic mass is 16.5. The largest absolute Gasteiger partial charge is 0.355 e. The highest BCUT2D eigenvalue weighted by molar-refractivity contribution is 6.02. The van der Waals surface area contributed by atoms with Crippen LogP contribution in [0.15, 0.2) is 47.0 Å². The highest BCUT2D eigenvalue weighted by Gasteiger charge is 2.29. The van der Waals surface area contributed by atoms with Crippen molar-refractivity contribution in [3.05, 3.63) is 53.9 Å². The molecule has 0 spiro atoms. The molecule has 2 atom stereocenters. The molecule has 1 saturated heterocycles. The molecule has 2 aromatic heterocycles. The van der Waals surface area contributed by atoms with Crippen LogP contribution < -0.4 is 16.0 Å². The molecule has 2 amide bonds. The summed E-state index contributed by atoms with van der Waals surface area (Å²) >= 11 is 0. The third kappa shape index (κ3) is 4.51. The van der Waals surface area contributed by atoms with Crippen molar-refractivity contribution in [3.63, 3.8) is 0 Å². The Balaban J connectivity index is 1.61. The summed E-state index contributed by atoms with van der Waals surface area (Å²) in [6, 6.07) is 12.8. The van der Waals surface area contributed by atoms with E-state index in [4.69, 9.17) is 4.52 Å². The Morgan fingerprint density at radius 1 is 1.23 bits per heavy atom. The number of anilines is 1. The van der Waals surface area contributed by atoms with Gasteiger partial charge in [-0.15, -0.1) is 0 Å². The maximum absolute atomic E-state index is 12.9. The molecule has 2 unspecified atom stereocenters. The number of amides is 2. The predicted molar refractivity (Wildman–Crippen MR) is 115 cm³/mol. The van der Waals surface area contributed by atoms with Crippen molar-refractivity contribution in [3.8, 4) is 11.3 Å². The van der Waals surface area contributed by atoms with Gasteiger partial charge in [0, 0.05) is 35.6 Å². The van der Waals surface area contributed by atoms with E-state index in [1.807, 2.05) is 64.1 Å². The van der Waals surface area contributed by atoms with E-state index in [1.165, 1.54) is 0 Å². The first kappa shape index (κ1) is 20.8. The van der Waals surface area contributed by atoms with Gasteiger partial charge in [0.05, 0.1) is 5.69 Å². The van der Waals surface area contributed by atoms with E-state index in [9.17, 15) is 9.59 Å². The summed E-state index contributed by atoms with van der Waals surface area (Å²) in [4.78, 5) is 25.0. The second-order valence-electron chi connectivity index (χ2n) is 8.75. The second kappa shape index (κ2) is 7.99. The van der Waals surface area contributed by atoms with Gasteiger partial charge in [0.1, 0.15) is 5.82 Å². The molecule has 4 rings (SSSR count). The lowest BCUT2D eigenvalue weighted by Gasteiger charge is -2.30. The summed E-state index contributed by atoms with van der Waals surface area (Å²) in [6.45, 7) is 8.03. The number of carbonyl (C=O) groups is 2. The number of nitrogens with zero attached hydrogens (tertiary/aromatic N) is 3. The molecule has 162 valence electrons. The van der Waals surface area contributed by atoms with Crippen LogP contribution in [-0.4, -0.2) is 32.8 Å². The number of carbonyl (C=O) groups excluding carboxylic acids is 2. The molecular formula is C22H26N6O3. The van der Waals surface area contributed by atoms with Crippen LogP contribution in [0.1, 0.15) is 56.6 Å². The molecule has 0 radical (unpaired) electrons. The molecule has 1 aromatic carbocycles. The van der Waals surface area contributed by atoms with Crippen LogP contribution in [0.2, 0.25) is 0 Å². The third-order valence-corrected chi connectivity index (χ3v) is 5.02. The van der Waals surface area contributed by atoms with E-state index in [0.29, 0.717) is 18.0 Å². The van der Waals surface area contributed by atoms with Gasteiger partial charge >= 0.3 is 0 Å². The van der Waals surface area contributed by atoms with Gasteiger partial charge in [-0.1, -0.05) is 56.3 Å². The van der Waals surface area contributed by atoms with Gasteiger partial charge in [-0.05, 0) is 6.92 Å². The Hall–Kier alpha value is -3.46. The Bertz CT molecular complexity index is 1100. The first-order valence-electron chi connectivity index (χ1n) is 10.2. The second-order valence-corrected chi connectivity index (χ2v) is 8.75. The number of benzene rings is 1. The lowest BCUT2D eigenvalue weighted by atomic mass is 9.92. The zero-order chi connectivity index (χ0) is 22.2. The maximum atomic E-state index is 12.9. The van der Waals surface area contributed by atoms with Crippen LogP contribution in [0.4, 0.5) is 5.82 Å². The molecule has 0 saturated carbocycles. The van der Waals surface area contributed by atoms with E-state index >= 15 is 0 Å². The Kier molecular flexibility index (Phi) is 5.36. The third-order valence-electron chi connectivity index (χ3n) is 5.02. The minimum atomic E-state index is -0.570. The first-order valence-corrected chi connectivity index (χ1v) is 10.2. The fourth-order valence-electron chi connectivity index (χ4n) is 3.34. The predicted octanol–water partition coefficient (Wildman–Crippen LogP) is 3.04. The molecule has 0 aliphatic carbocycles. The monoisotopic (exact) mass is 422 g/mol. The minimum absolute atomic E-state index is 0.0199. The van der Waals surface area contributed by atoms with E-state index in [1.54, 1.807) is 10.7 Å². The molecule has 1 aliphatic rings. The van der Waals surface area contributed by atoms with Crippen LogP contribution in [0, 0.1) is 0 Å². The van der Waals surface area contributed by atoms with Gasteiger partial charge in [0.2, 0.25) is 5.91 Å². The number of aromatic nitrogens is 3. The molecule has 9 nitrogen and oxygen atoms in total. The number of hydrogen-bond acceptors (Lipinski definition) is 6. The van der Waals surface area contributed by atoms with Gasteiger partial charge in [0.25, 0.3) is 5.91 Å². The van der Waals surface area contributed by atoms with Crippen LogP contribution in [-0.2, 0) is 10.2 Å². The van der Waals surface area contributed by atoms with Crippen LogP contribution in [0.25, 0.3) is 11.3 Å². The van der Waals surface area contributed by atoms with Gasteiger partial charge in [-0.3, -0.25) is 14.9 Å². The Morgan fingerprint density at radius 3 is 2.65 bits per heavy atom. The molecule has 0 bridgehead atoms. The quantitative estimate of drug-likeness (QED) is 0.595. The summed E-state index contributed by atoms with van der Waals surface area (Å²) in [6.07, 6.45) is -0.188. The summed E-state index contributed by atoms with van der Waals surface area (Å²) in [7, 11) is 0. The topological polar surface area (TPSA) is 114 Å². The van der Waals surface area contributed by atoms with Crippen molar-refractivity contribution in [2.45, 2.75) is 51.9 Å². The molecule has 3 N–H and O–H groups in total. The highest BCUT2D eigenvalue weighted by Crippen LogP contribution is 2.27. The Labute approximate surface area is 180 Å². The van der Waals surface area contributed by atoms with Crippen LogP contribution in [0.5, 0.6) is 0 Å². The molecular weight excluding hydrogens is 396 g/mol. The smallest absolute Gasteiger partial charge is 0.279 e. The zero-order valence-electron chi connectivity index (χ0n) is 18.0. The summed E-state index contributed by atoms with van der Waals surface area (Å²) < 4.78 is 6.93. The number of hydrogen-bond donors (Lipinski definition) is 3. The Morgan fingerprint density at radius 2 is 1.97 bits per heavy atom. The zero-order valence-corrected chi connectivity index (χ0v) is 18.0. The normalized spacial score (nSPS) is 19.2. The summed E-state index contributed by atoms with van der Waals surface area (Å²) in [5, 5.41) is 17.6. The van der Waals surface area contributed by atoms with Crippen molar-refractivity contribution in [1.82, 2.24) is 25.6 Å². The molecule has 3 heterocycles. The van der Waals surface area contributed by atoms with E-state index in [0.717, 1.165) is 11.3 Å². The van der Waals surface area contributed by atoms with Gasteiger partial charge in [0.15, 0.2) is 17.7 Å². The molecule has 3 aromatic rings. The van der Waals surface area contributed by atoms with E-state index in [2.05, 4.69) is 26.2 Å². The first-order chi connectivity index (χ1) is 14.7. The number of rotatable bonds is 4. The fraction of sp³-hybridized carbons (Fsp3) is 0.364. The summed E-state index contributed by atoms with van der Waals surface area (Å²) in [5.41, 5.74) is 1.51. The van der Waals surface area contributed by atoms with E-state index in [-0.39, 0.29) is 23.1 Å². The van der Waals surface area contributed by atoms with Gasteiger partial charge in [-0.2, -0.15) is 5.10 Å². The van der Waals surface area contributed by atoms with Gasteiger partial charge < -0.3 is 15.2 Å². The van der Waals surface area contributed by atoms with Crippen LogP contribution >= 0.6 is 0 Å². The molecule has 31 heavy (non-hydrogen) atoms. The van der Waals surface area contributed by atoms with Gasteiger partial charge in [-0.25, -0.2) is 4.68 Å². The molecule has 9 heteroatoms. The molecule has 1 aliphatic heterocycles. The average Bonchev–Trinajstić information content (AvgIpc) is 3.35. The lowest BCUT2D eigenvalue weighted by Crippen LogP contribution is -2.52. The molecule has 1 fully saturated rings. The van der Waals surface area contributed by atoms with E-state index < -0.39 is 12.2 Å². The SMILES string of the molecule is CC1CC(=O)NC(n2nc(C(C)(C)C)cc2NC(=O)c2cc(-c3ccccc3)on2)N1. The fourth-order valence-corrected chi connectivity index (χ4v) is 3.34. The average molecular weight is 422 g/mol. The minimum Gasteiger partial charge on any atom is -0.355 e. The maximum Gasteiger partial charge on any atom is 0.279 e. The van der Waals surface area contributed by atoms with Crippen molar-refractivity contribution >= 4 is 17.6 Å². The lowest BCUT2D eigenvalue weighted by molar-refractivity contribution is -0.125. The van der Waals surface area contributed by atoms with Crippen molar-refractivity contribution in [1.29, 1.82) is 0 Å². The number of nitrogens with one attached hydrogen (secondary N) is 3. The van der Waals surface area contributed by atoms with Crippen molar-refractivity contribution in [2.75, 3.05) is 5.32 Å².